The van der Waals surface area contributed by atoms with Crippen LogP contribution in [-0.2, 0) is 17.7 Å². The van der Waals surface area contributed by atoms with Crippen LogP contribution in [0.3, 0.4) is 0 Å². The number of halogens is 2. The Hall–Kier alpha value is -3.68. The summed E-state index contributed by atoms with van der Waals surface area (Å²) in [5.74, 6) is -0.253. The average molecular weight is 534 g/mol. The van der Waals surface area contributed by atoms with E-state index in [1.807, 2.05) is 37.3 Å². The smallest absolute Gasteiger partial charge is 0.255 e. The molecule has 1 aromatic heterocycles. The van der Waals surface area contributed by atoms with E-state index >= 15 is 0 Å². The predicted octanol–water partition coefficient (Wildman–Crippen LogP) is 6.84. The minimum absolute atomic E-state index is 0.0772. The minimum atomic E-state index is -0.485. The van der Waals surface area contributed by atoms with E-state index in [4.69, 9.17) is 26.2 Å². The third-order valence-electron chi connectivity index (χ3n) is 6.59. The first-order valence-electron chi connectivity index (χ1n) is 12.8. The molecule has 2 heterocycles. The predicted molar refractivity (Wildman–Crippen MR) is 145 cm³/mol. The van der Waals surface area contributed by atoms with Crippen molar-refractivity contribution < 1.29 is 18.7 Å². The van der Waals surface area contributed by atoms with Crippen molar-refractivity contribution >= 4 is 17.5 Å². The van der Waals surface area contributed by atoms with Crippen molar-refractivity contribution in [2.75, 3.05) is 13.2 Å². The number of rotatable bonds is 9. The molecule has 1 atom stereocenters. The summed E-state index contributed by atoms with van der Waals surface area (Å²) in [5.41, 5.74) is 2.64. The molecule has 1 saturated heterocycles. The molecule has 38 heavy (non-hydrogen) atoms. The molecule has 0 radical (unpaired) electrons. The van der Waals surface area contributed by atoms with Gasteiger partial charge in [-0.3, -0.25) is 4.79 Å². The first-order chi connectivity index (χ1) is 18.5. The average Bonchev–Trinajstić information content (AvgIpc) is 3.58. The molecule has 0 saturated carbocycles. The zero-order chi connectivity index (χ0) is 26.5. The second kappa shape index (κ2) is 11.8. The Bertz CT molecular complexity index is 1400. The van der Waals surface area contributed by atoms with Gasteiger partial charge in [0.2, 0.25) is 5.88 Å². The Morgan fingerprint density at radius 1 is 1.11 bits per heavy atom. The summed E-state index contributed by atoms with van der Waals surface area (Å²) in [6, 6.07) is 22.8. The van der Waals surface area contributed by atoms with Crippen LogP contribution in [0.4, 0.5) is 4.39 Å². The molecule has 0 spiro atoms. The largest absolute Gasteiger partial charge is 0.435 e. The summed E-state index contributed by atoms with van der Waals surface area (Å²) in [4.78, 5) is 15.5. The van der Waals surface area contributed by atoms with Crippen molar-refractivity contribution in [3.8, 4) is 17.3 Å². The second-order valence-electron chi connectivity index (χ2n) is 9.16. The Balaban J connectivity index is 1.60. The molecular formula is C30H29ClFN3O3. The van der Waals surface area contributed by atoms with Crippen LogP contribution in [-0.4, -0.2) is 39.8 Å². The maximum Gasteiger partial charge on any atom is 0.255 e. The molecule has 8 heteroatoms. The van der Waals surface area contributed by atoms with E-state index in [2.05, 4.69) is 0 Å². The monoisotopic (exact) mass is 533 g/mol. The molecule has 3 aromatic carbocycles. The number of ether oxygens (including phenoxy) is 2. The number of aromatic nitrogens is 2. The van der Waals surface area contributed by atoms with Crippen LogP contribution in [0.1, 0.15) is 41.4 Å². The number of hydrogen-bond acceptors (Lipinski definition) is 4. The van der Waals surface area contributed by atoms with Crippen LogP contribution in [0.2, 0.25) is 5.02 Å². The van der Waals surface area contributed by atoms with Gasteiger partial charge in [0.25, 0.3) is 5.91 Å². The van der Waals surface area contributed by atoms with Crippen LogP contribution in [0, 0.1) is 5.82 Å². The Kier molecular flexibility index (Phi) is 8.05. The number of nitrogens with zero attached hydrogens (tertiary/aromatic N) is 3. The Morgan fingerprint density at radius 3 is 2.55 bits per heavy atom. The molecule has 0 N–H and O–H groups in total. The standard InChI is InChI=1S/C30H29ClFN3O3/c1-2-27-24(20-34(19-22-13-10-18-37-22)29(36)23-14-6-7-15-25(23)31)30(38-28-17-9-8-16-26(28)32)35(33-27)21-11-4-3-5-12-21/h3-9,11-12,14-17,22H,2,10,13,18-20H2,1H3/t22-/m1/s1. The van der Waals surface area contributed by atoms with Crippen LogP contribution in [0.5, 0.6) is 11.6 Å². The number of para-hydroxylation sites is 2. The van der Waals surface area contributed by atoms with Gasteiger partial charge in [0.05, 0.1) is 40.2 Å². The van der Waals surface area contributed by atoms with Crippen molar-refractivity contribution in [1.29, 1.82) is 0 Å². The Morgan fingerprint density at radius 2 is 1.84 bits per heavy atom. The zero-order valence-electron chi connectivity index (χ0n) is 21.1. The summed E-state index contributed by atoms with van der Waals surface area (Å²) < 4.78 is 28.5. The van der Waals surface area contributed by atoms with Crippen LogP contribution >= 0.6 is 11.6 Å². The van der Waals surface area contributed by atoms with Gasteiger partial charge in [0, 0.05) is 13.2 Å². The summed E-state index contributed by atoms with van der Waals surface area (Å²) >= 11 is 6.42. The third-order valence-corrected chi connectivity index (χ3v) is 6.92. The minimum Gasteiger partial charge on any atom is -0.435 e. The van der Waals surface area contributed by atoms with Crippen LogP contribution < -0.4 is 4.74 Å². The highest BCUT2D eigenvalue weighted by Crippen LogP contribution is 2.34. The molecule has 1 fully saturated rings. The molecule has 1 amide bonds. The van der Waals surface area contributed by atoms with E-state index in [0.717, 1.165) is 24.2 Å². The number of carbonyl (C=O) groups is 1. The lowest BCUT2D eigenvalue weighted by atomic mass is 10.1. The SMILES string of the molecule is CCc1nn(-c2ccccc2)c(Oc2ccccc2F)c1CN(C[C@H]1CCCO1)C(=O)c1ccccc1Cl. The second-order valence-corrected chi connectivity index (χ2v) is 9.57. The molecule has 1 aliphatic heterocycles. The van der Waals surface area contributed by atoms with Crippen LogP contribution in [0.25, 0.3) is 5.69 Å². The highest BCUT2D eigenvalue weighted by Gasteiger charge is 2.29. The quantitative estimate of drug-likeness (QED) is 0.236. The maximum atomic E-state index is 14.7. The number of amides is 1. The van der Waals surface area contributed by atoms with Gasteiger partial charge < -0.3 is 14.4 Å². The molecule has 5 rings (SSSR count). The number of aryl methyl sites for hydroxylation is 1. The van der Waals surface area contributed by atoms with Gasteiger partial charge in [-0.25, -0.2) is 9.07 Å². The summed E-state index contributed by atoms with van der Waals surface area (Å²) in [6.45, 7) is 3.26. The summed E-state index contributed by atoms with van der Waals surface area (Å²) in [6.07, 6.45) is 2.34. The van der Waals surface area contributed by atoms with Gasteiger partial charge in [-0.05, 0) is 55.7 Å². The van der Waals surface area contributed by atoms with Gasteiger partial charge >= 0.3 is 0 Å². The lowest BCUT2D eigenvalue weighted by molar-refractivity contribution is 0.0505. The lowest BCUT2D eigenvalue weighted by Crippen LogP contribution is -2.37. The number of benzene rings is 3. The van der Waals surface area contributed by atoms with Crippen molar-refractivity contribution in [2.45, 2.75) is 38.8 Å². The molecule has 0 aliphatic carbocycles. The van der Waals surface area contributed by atoms with E-state index < -0.39 is 5.82 Å². The van der Waals surface area contributed by atoms with Crippen LogP contribution in [0.15, 0.2) is 78.9 Å². The van der Waals surface area contributed by atoms with Gasteiger partial charge in [-0.15, -0.1) is 0 Å². The van der Waals surface area contributed by atoms with E-state index in [0.29, 0.717) is 41.6 Å². The fourth-order valence-corrected chi connectivity index (χ4v) is 4.87. The van der Waals surface area contributed by atoms with E-state index in [-0.39, 0.29) is 24.3 Å². The Labute approximate surface area is 226 Å². The number of carbonyl (C=O) groups excluding carboxylic acids is 1. The van der Waals surface area contributed by atoms with Gasteiger partial charge in [0.15, 0.2) is 11.6 Å². The zero-order valence-corrected chi connectivity index (χ0v) is 21.9. The fraction of sp³-hybridized carbons (Fsp3) is 0.267. The topological polar surface area (TPSA) is 56.6 Å². The fourth-order valence-electron chi connectivity index (χ4n) is 4.65. The van der Waals surface area contributed by atoms with Crippen molar-refractivity contribution in [2.24, 2.45) is 0 Å². The van der Waals surface area contributed by atoms with Gasteiger partial charge in [-0.2, -0.15) is 5.10 Å². The van der Waals surface area contributed by atoms with Crippen molar-refractivity contribution in [3.05, 3.63) is 107 Å². The van der Waals surface area contributed by atoms with E-state index in [1.165, 1.54) is 6.07 Å². The van der Waals surface area contributed by atoms with Gasteiger partial charge in [-0.1, -0.05) is 61.0 Å². The highest BCUT2D eigenvalue weighted by atomic mass is 35.5. The van der Waals surface area contributed by atoms with E-state index in [9.17, 15) is 9.18 Å². The lowest BCUT2D eigenvalue weighted by Gasteiger charge is -2.26. The molecule has 6 nitrogen and oxygen atoms in total. The molecule has 0 unspecified atom stereocenters. The third kappa shape index (κ3) is 5.59. The first kappa shape index (κ1) is 25.9. The van der Waals surface area contributed by atoms with E-state index in [1.54, 1.807) is 52.0 Å². The maximum absolute atomic E-state index is 14.7. The molecular weight excluding hydrogens is 505 g/mol. The molecule has 0 bridgehead atoms. The summed E-state index contributed by atoms with van der Waals surface area (Å²) in [7, 11) is 0. The molecule has 1 aliphatic rings. The normalized spacial score (nSPS) is 15.0. The highest BCUT2D eigenvalue weighted by molar-refractivity contribution is 6.33. The number of hydrogen-bond donors (Lipinski definition) is 0. The summed E-state index contributed by atoms with van der Waals surface area (Å²) in [5, 5.41) is 5.22. The van der Waals surface area contributed by atoms with Crippen molar-refractivity contribution in [1.82, 2.24) is 14.7 Å². The van der Waals surface area contributed by atoms with Gasteiger partial charge in [0.1, 0.15) is 0 Å². The molecule has 196 valence electrons. The molecule has 4 aromatic rings. The first-order valence-corrected chi connectivity index (χ1v) is 13.2. The van der Waals surface area contributed by atoms with Crippen molar-refractivity contribution in [3.63, 3.8) is 0 Å².